The van der Waals surface area contributed by atoms with Crippen molar-refractivity contribution in [1.29, 1.82) is 0 Å². The second-order valence-electron chi connectivity index (χ2n) is 8.07. The number of carboxylic acids is 4. The van der Waals surface area contributed by atoms with Gasteiger partial charge in [0.05, 0.1) is 0 Å². The summed E-state index contributed by atoms with van der Waals surface area (Å²) in [6.45, 7) is -1.41. The molecule has 4 amide bonds. The van der Waals surface area contributed by atoms with E-state index in [1.54, 1.807) is 0 Å². The topological polar surface area (TPSA) is 318 Å². The molecule has 0 rings (SSSR count). The fourth-order valence-electron chi connectivity index (χ4n) is 2.52. The molecule has 0 aromatic heterocycles. The van der Waals surface area contributed by atoms with Crippen molar-refractivity contribution >= 4 is 80.6 Å². The van der Waals surface area contributed by atoms with Crippen molar-refractivity contribution in [2.45, 2.75) is 49.9 Å². The van der Waals surface area contributed by atoms with Gasteiger partial charge in [-0.2, -0.15) is 0 Å². The Labute approximate surface area is 246 Å². The van der Waals surface area contributed by atoms with Crippen LogP contribution >= 0.6 is 20.4 Å². The fourth-order valence-corrected chi connectivity index (χ4v) is 9.07. The first-order chi connectivity index (χ1) is 19.1. The van der Waals surface area contributed by atoms with Crippen LogP contribution in [0, 0.1) is 0 Å². The Morgan fingerprint density at radius 1 is 0.634 bits per heavy atom. The van der Waals surface area contributed by atoms with Crippen molar-refractivity contribution < 1.29 is 58.8 Å². The number of nitrogens with one attached hydrogen (secondary N) is 4. The van der Waals surface area contributed by atoms with Crippen molar-refractivity contribution in [2.75, 3.05) is 24.6 Å². The van der Waals surface area contributed by atoms with Crippen LogP contribution in [0.5, 0.6) is 0 Å². The summed E-state index contributed by atoms with van der Waals surface area (Å²) in [5.41, 5.74) is 10.7. The van der Waals surface area contributed by atoms with E-state index >= 15 is 0 Å². The maximum atomic E-state index is 12.4. The molecule has 21 heteroatoms. The number of rotatable bonds is 22. The Morgan fingerprint density at radius 2 is 0.976 bits per heavy atom. The van der Waals surface area contributed by atoms with Gasteiger partial charge in [-0.25, -0.2) is 0 Å². The monoisotopic (exact) mass is 692 g/mol. The molecule has 0 bridgehead atoms. The summed E-state index contributed by atoms with van der Waals surface area (Å²) >= 11 is -0.427. The third-order valence-corrected chi connectivity index (χ3v) is 11.8. The number of hydrogen-bond donors (Lipinski definition) is 10. The van der Waals surface area contributed by atoms with E-state index in [1.165, 1.54) is 20.4 Å². The summed E-state index contributed by atoms with van der Waals surface area (Å²) < 4.78 is 0. The summed E-state index contributed by atoms with van der Waals surface area (Å²) in [7, 11) is 2.33. The molecular weight excluding hydrogens is 659 g/mol. The van der Waals surface area contributed by atoms with Crippen LogP contribution in [-0.4, -0.2) is 129 Å². The Balaban J connectivity index is 5.05. The Bertz CT molecular complexity index is 901. The van der Waals surface area contributed by atoms with Crippen molar-refractivity contribution in [1.82, 2.24) is 21.3 Å². The van der Waals surface area contributed by atoms with Gasteiger partial charge in [-0.05, 0) is 0 Å². The van der Waals surface area contributed by atoms with E-state index in [0.717, 1.165) is 0 Å². The van der Waals surface area contributed by atoms with Crippen LogP contribution in [0.3, 0.4) is 0 Å². The third-order valence-electron chi connectivity index (χ3n) is 4.70. The molecule has 0 saturated carbocycles. The molecular formula is C20H32N6O12S2Se. The molecule has 0 aromatic carbocycles. The molecule has 0 saturated heterocycles. The molecule has 18 nitrogen and oxygen atoms in total. The van der Waals surface area contributed by atoms with E-state index < -0.39 is 97.5 Å². The molecule has 0 aliphatic heterocycles. The predicted molar refractivity (Wildman–Crippen MR) is 146 cm³/mol. The molecule has 0 aliphatic rings. The van der Waals surface area contributed by atoms with Gasteiger partial charge in [0, 0.05) is 0 Å². The molecule has 232 valence electrons. The summed E-state index contributed by atoms with van der Waals surface area (Å²) in [5, 5.41) is 44.3. The molecule has 4 unspecified atom stereocenters. The zero-order valence-corrected chi connectivity index (χ0v) is 24.7. The number of aliphatic carboxylic acids is 4. The first kappa shape index (κ1) is 37.9. The Hall–Kier alpha value is -3.10. The molecule has 0 radical (unpaired) electrons. The van der Waals surface area contributed by atoms with E-state index in [-0.39, 0.29) is 37.2 Å². The summed E-state index contributed by atoms with van der Waals surface area (Å²) in [4.78, 5) is 92.3. The van der Waals surface area contributed by atoms with E-state index in [1.807, 2.05) is 0 Å². The zero-order valence-electron chi connectivity index (χ0n) is 21.4. The van der Waals surface area contributed by atoms with E-state index in [2.05, 4.69) is 21.3 Å². The van der Waals surface area contributed by atoms with Crippen LogP contribution in [0.15, 0.2) is 0 Å². The number of carboxylic acid groups (broad SMARTS) is 4. The summed E-state index contributed by atoms with van der Waals surface area (Å²) in [5.74, 6) is -8.25. The van der Waals surface area contributed by atoms with Crippen LogP contribution in [-0.2, 0) is 38.4 Å². The zero-order chi connectivity index (χ0) is 31.5. The summed E-state index contributed by atoms with van der Waals surface area (Å²) in [6, 6.07) is -4.93. The molecule has 0 fully saturated rings. The van der Waals surface area contributed by atoms with Gasteiger partial charge in [0.15, 0.2) is 0 Å². The summed E-state index contributed by atoms with van der Waals surface area (Å²) in [6.07, 6.45) is -0.996. The maximum absolute atomic E-state index is 12.4. The van der Waals surface area contributed by atoms with Gasteiger partial charge < -0.3 is 0 Å². The van der Waals surface area contributed by atoms with Gasteiger partial charge in [0.25, 0.3) is 0 Å². The van der Waals surface area contributed by atoms with Crippen LogP contribution in [0.25, 0.3) is 0 Å². The van der Waals surface area contributed by atoms with Gasteiger partial charge in [-0.1, -0.05) is 0 Å². The van der Waals surface area contributed by atoms with Crippen LogP contribution in [0.4, 0.5) is 0 Å². The first-order valence-electron chi connectivity index (χ1n) is 11.6. The quantitative estimate of drug-likeness (QED) is 0.0379. The van der Waals surface area contributed by atoms with Crippen LogP contribution in [0.2, 0.25) is 0 Å². The molecule has 0 aromatic rings. The van der Waals surface area contributed by atoms with Crippen molar-refractivity contribution in [2.24, 2.45) is 11.5 Å². The number of hydrogen-bond acceptors (Lipinski definition) is 12. The normalized spacial score (nSPS) is 13.5. The second kappa shape index (κ2) is 20.7. The predicted octanol–water partition coefficient (Wildman–Crippen LogP) is -4.26. The molecule has 12 N–H and O–H groups in total. The fraction of sp³-hybridized carbons (Fsp3) is 0.600. The molecule has 0 aliphatic carbocycles. The molecule has 0 spiro atoms. The second-order valence-corrected chi connectivity index (χ2v) is 15.3. The van der Waals surface area contributed by atoms with Crippen LogP contribution in [0.1, 0.15) is 25.7 Å². The number of amides is 4. The van der Waals surface area contributed by atoms with Gasteiger partial charge in [0.2, 0.25) is 0 Å². The molecule has 4 atom stereocenters. The van der Waals surface area contributed by atoms with Gasteiger partial charge in [-0.3, -0.25) is 0 Å². The minimum absolute atomic E-state index is 0.0233. The van der Waals surface area contributed by atoms with Crippen molar-refractivity contribution in [3.8, 4) is 0 Å². The first-order valence-corrected chi connectivity index (χ1v) is 17.6. The number of carbonyl (C=O) groups is 8. The minimum atomic E-state index is -1.32. The SMILES string of the molecule is NC(CCC(=O)NC(CS[Se]SCC(NC(=O)CCC(N)C(=O)O)C(=O)NCC(=O)O)C(=O)NCC(=O)O)C(=O)O. The van der Waals surface area contributed by atoms with E-state index in [0.29, 0.717) is 0 Å². The molecule has 0 heterocycles. The Morgan fingerprint density at radius 3 is 1.27 bits per heavy atom. The molecule has 41 heavy (non-hydrogen) atoms. The number of nitrogens with two attached hydrogens (primary N) is 2. The van der Waals surface area contributed by atoms with Crippen LogP contribution < -0.4 is 32.7 Å². The van der Waals surface area contributed by atoms with E-state index in [4.69, 9.17) is 31.9 Å². The third kappa shape index (κ3) is 18.8. The Kier molecular flexibility index (Phi) is 19.2. The van der Waals surface area contributed by atoms with Gasteiger partial charge >= 0.3 is 247 Å². The van der Waals surface area contributed by atoms with Gasteiger partial charge in [0.1, 0.15) is 0 Å². The standard InChI is InChI=1S/C20H32N6O12S2Se/c21-9(19(35)36)1-3-13(27)25-11(17(33)23-5-15(29)30)7-39-41-40-8-12(18(34)24-6-16(31)32)26-14(28)4-2-10(22)20(37)38/h9-12H,1-8,21-22H2,(H,23,33)(H,24,34)(H,25,27)(H,26,28)(H,29,30)(H,31,32)(H,35,36)(H,37,38). The van der Waals surface area contributed by atoms with Gasteiger partial charge in [-0.15, -0.1) is 0 Å². The average molecular weight is 692 g/mol. The van der Waals surface area contributed by atoms with Crippen molar-refractivity contribution in [3.63, 3.8) is 0 Å². The number of carbonyl (C=O) groups excluding carboxylic acids is 4. The average Bonchev–Trinajstić information content (AvgIpc) is 2.89. The van der Waals surface area contributed by atoms with Crippen molar-refractivity contribution in [3.05, 3.63) is 0 Å². The van der Waals surface area contributed by atoms with E-state index in [9.17, 15) is 38.4 Å².